The van der Waals surface area contributed by atoms with E-state index in [1.807, 2.05) is 13.8 Å². The van der Waals surface area contributed by atoms with Crippen LogP contribution in [0.15, 0.2) is 0 Å². The maximum atomic E-state index is 12.0. The standard InChI is InChI=1S/C12H25NO2S/c1-4-7-13-11-5-6-12(8-11)16(14,15)9-10(2)3/h10-13H,4-9H2,1-3H3. The first kappa shape index (κ1) is 14.0. The summed E-state index contributed by atoms with van der Waals surface area (Å²) in [5, 5.41) is 3.33. The van der Waals surface area contributed by atoms with Crippen LogP contribution in [0.2, 0.25) is 0 Å². The van der Waals surface area contributed by atoms with Crippen molar-refractivity contribution >= 4 is 9.84 Å². The van der Waals surface area contributed by atoms with Gasteiger partial charge in [0, 0.05) is 6.04 Å². The second-order valence-corrected chi connectivity index (χ2v) is 7.64. The number of nitrogens with one attached hydrogen (secondary N) is 1. The predicted octanol–water partition coefficient (Wildman–Crippen LogP) is 1.98. The van der Waals surface area contributed by atoms with Crippen LogP contribution >= 0.6 is 0 Å². The van der Waals surface area contributed by atoms with Crippen LogP contribution < -0.4 is 5.32 Å². The molecule has 0 aliphatic heterocycles. The summed E-state index contributed by atoms with van der Waals surface area (Å²) in [5.74, 6) is 0.589. The smallest absolute Gasteiger partial charge is 0.153 e. The highest BCUT2D eigenvalue weighted by atomic mass is 32.2. The lowest BCUT2D eigenvalue weighted by molar-refractivity contribution is 0.519. The van der Waals surface area contributed by atoms with Crippen molar-refractivity contribution < 1.29 is 8.42 Å². The van der Waals surface area contributed by atoms with E-state index in [4.69, 9.17) is 0 Å². The minimum Gasteiger partial charge on any atom is -0.314 e. The SMILES string of the molecule is CCCNC1CCC(S(=O)(=O)CC(C)C)C1. The molecule has 1 N–H and O–H groups in total. The highest BCUT2D eigenvalue weighted by Gasteiger charge is 2.33. The molecule has 0 heterocycles. The summed E-state index contributed by atoms with van der Waals surface area (Å²) >= 11 is 0. The van der Waals surface area contributed by atoms with Crippen molar-refractivity contribution in [2.45, 2.75) is 57.7 Å². The van der Waals surface area contributed by atoms with Gasteiger partial charge >= 0.3 is 0 Å². The lowest BCUT2D eigenvalue weighted by Gasteiger charge is -2.14. The zero-order valence-electron chi connectivity index (χ0n) is 10.7. The molecule has 2 unspecified atom stereocenters. The van der Waals surface area contributed by atoms with E-state index in [-0.39, 0.29) is 11.2 Å². The molecule has 1 rings (SSSR count). The highest BCUT2D eigenvalue weighted by molar-refractivity contribution is 7.92. The first-order chi connectivity index (χ1) is 7.45. The fourth-order valence-corrected chi connectivity index (χ4v) is 4.62. The van der Waals surface area contributed by atoms with Crippen LogP contribution in [0.5, 0.6) is 0 Å². The molecule has 1 aliphatic rings. The van der Waals surface area contributed by atoms with E-state index in [2.05, 4.69) is 12.2 Å². The number of rotatable bonds is 6. The number of hydrogen-bond donors (Lipinski definition) is 1. The van der Waals surface area contributed by atoms with E-state index in [0.29, 0.717) is 11.8 Å². The first-order valence-electron chi connectivity index (χ1n) is 6.40. The van der Waals surface area contributed by atoms with Gasteiger partial charge in [-0.2, -0.15) is 0 Å². The third kappa shape index (κ3) is 4.06. The van der Waals surface area contributed by atoms with Crippen molar-refractivity contribution in [3.63, 3.8) is 0 Å². The molecule has 3 nitrogen and oxygen atoms in total. The molecule has 0 amide bonds. The van der Waals surface area contributed by atoms with E-state index >= 15 is 0 Å². The van der Waals surface area contributed by atoms with Crippen molar-refractivity contribution in [3.8, 4) is 0 Å². The Kier molecular flexibility index (Phi) is 5.25. The summed E-state index contributed by atoms with van der Waals surface area (Å²) in [7, 11) is -2.86. The molecular formula is C12H25NO2S. The molecule has 4 heteroatoms. The fraction of sp³-hybridized carbons (Fsp3) is 1.00. The molecular weight excluding hydrogens is 222 g/mol. The summed E-state index contributed by atoms with van der Waals surface area (Å²) < 4.78 is 24.1. The maximum Gasteiger partial charge on any atom is 0.153 e. The summed E-state index contributed by atoms with van der Waals surface area (Å²) in [6.07, 6.45) is 3.79. The summed E-state index contributed by atoms with van der Waals surface area (Å²) in [4.78, 5) is 0. The van der Waals surface area contributed by atoms with Crippen molar-refractivity contribution in [1.29, 1.82) is 0 Å². The van der Waals surface area contributed by atoms with Gasteiger partial charge in [-0.25, -0.2) is 8.42 Å². The van der Waals surface area contributed by atoms with E-state index in [1.54, 1.807) is 0 Å². The molecule has 0 aromatic heterocycles. The van der Waals surface area contributed by atoms with Crippen molar-refractivity contribution in [3.05, 3.63) is 0 Å². The van der Waals surface area contributed by atoms with Crippen LogP contribution in [-0.2, 0) is 9.84 Å². The van der Waals surface area contributed by atoms with Crippen LogP contribution in [0.4, 0.5) is 0 Å². The Hall–Kier alpha value is -0.0900. The molecule has 0 radical (unpaired) electrons. The van der Waals surface area contributed by atoms with Gasteiger partial charge < -0.3 is 5.32 Å². The lowest BCUT2D eigenvalue weighted by Crippen LogP contribution is -2.30. The van der Waals surface area contributed by atoms with Crippen LogP contribution in [0.3, 0.4) is 0 Å². The van der Waals surface area contributed by atoms with Crippen molar-refractivity contribution in [2.75, 3.05) is 12.3 Å². The molecule has 0 aromatic rings. The Morgan fingerprint density at radius 2 is 2.00 bits per heavy atom. The monoisotopic (exact) mass is 247 g/mol. The second-order valence-electron chi connectivity index (χ2n) is 5.31. The van der Waals surface area contributed by atoms with Crippen LogP contribution in [0.1, 0.15) is 46.5 Å². The van der Waals surface area contributed by atoms with E-state index in [1.165, 1.54) is 0 Å². The average Bonchev–Trinajstić information content (AvgIpc) is 2.61. The average molecular weight is 247 g/mol. The Morgan fingerprint density at radius 3 is 2.56 bits per heavy atom. The normalized spacial score (nSPS) is 26.5. The minimum absolute atomic E-state index is 0.0933. The van der Waals surface area contributed by atoms with Crippen LogP contribution in [-0.4, -0.2) is 32.0 Å². The molecule has 0 bridgehead atoms. The van der Waals surface area contributed by atoms with Gasteiger partial charge in [-0.3, -0.25) is 0 Å². The number of hydrogen-bond acceptors (Lipinski definition) is 3. The third-order valence-electron chi connectivity index (χ3n) is 3.14. The molecule has 0 spiro atoms. The lowest BCUT2D eigenvalue weighted by atomic mass is 10.2. The largest absolute Gasteiger partial charge is 0.314 e. The molecule has 1 fully saturated rings. The molecule has 0 saturated heterocycles. The Balaban J connectivity index is 2.46. The molecule has 16 heavy (non-hydrogen) atoms. The molecule has 0 aromatic carbocycles. The fourth-order valence-electron chi connectivity index (χ4n) is 2.40. The third-order valence-corrected chi connectivity index (χ3v) is 5.72. The molecule has 2 atom stereocenters. The maximum absolute atomic E-state index is 12.0. The van der Waals surface area contributed by atoms with Crippen LogP contribution in [0.25, 0.3) is 0 Å². The van der Waals surface area contributed by atoms with Crippen molar-refractivity contribution in [2.24, 2.45) is 5.92 Å². The van der Waals surface area contributed by atoms with Crippen molar-refractivity contribution in [1.82, 2.24) is 5.32 Å². The second kappa shape index (κ2) is 6.01. The summed E-state index contributed by atoms with van der Waals surface area (Å²) in [6, 6.07) is 0.423. The molecule has 1 aliphatic carbocycles. The number of sulfone groups is 1. The molecule has 96 valence electrons. The van der Waals surface area contributed by atoms with Gasteiger partial charge in [0.1, 0.15) is 0 Å². The zero-order valence-corrected chi connectivity index (χ0v) is 11.5. The van der Waals surface area contributed by atoms with Crippen LogP contribution in [0, 0.1) is 5.92 Å². The van der Waals surface area contributed by atoms with Gasteiger partial charge in [0.05, 0.1) is 11.0 Å². The van der Waals surface area contributed by atoms with Gasteiger partial charge in [0.25, 0.3) is 0 Å². The highest BCUT2D eigenvalue weighted by Crippen LogP contribution is 2.26. The van der Waals surface area contributed by atoms with Gasteiger partial charge in [-0.15, -0.1) is 0 Å². The zero-order chi connectivity index (χ0) is 12.2. The Bertz CT molecular complexity index is 298. The van der Waals surface area contributed by atoms with Gasteiger partial charge in [0.2, 0.25) is 0 Å². The van der Waals surface area contributed by atoms with Gasteiger partial charge in [-0.05, 0) is 38.1 Å². The Labute approximate surface area is 99.9 Å². The van der Waals surface area contributed by atoms with Gasteiger partial charge in [0.15, 0.2) is 9.84 Å². The van der Waals surface area contributed by atoms with E-state index in [9.17, 15) is 8.42 Å². The van der Waals surface area contributed by atoms with E-state index in [0.717, 1.165) is 32.2 Å². The summed E-state index contributed by atoms with van der Waals surface area (Å²) in [5.41, 5.74) is 0. The Morgan fingerprint density at radius 1 is 1.31 bits per heavy atom. The quantitative estimate of drug-likeness (QED) is 0.780. The first-order valence-corrected chi connectivity index (χ1v) is 8.12. The predicted molar refractivity (Wildman–Crippen MR) is 68.3 cm³/mol. The molecule has 1 saturated carbocycles. The topological polar surface area (TPSA) is 46.2 Å². The van der Waals surface area contributed by atoms with Gasteiger partial charge in [-0.1, -0.05) is 20.8 Å². The minimum atomic E-state index is -2.86. The summed E-state index contributed by atoms with van der Waals surface area (Å²) in [6.45, 7) is 7.08. The van der Waals surface area contributed by atoms with E-state index < -0.39 is 9.84 Å².